The van der Waals surface area contributed by atoms with Gasteiger partial charge in [-0.25, -0.2) is 0 Å². The third-order valence-electron chi connectivity index (χ3n) is 4.27. The first-order chi connectivity index (χ1) is 9.81. The first-order valence-electron chi connectivity index (χ1n) is 7.58. The molecule has 104 valence electrons. The van der Waals surface area contributed by atoms with Gasteiger partial charge in [-0.15, -0.1) is 0 Å². The van der Waals surface area contributed by atoms with Crippen molar-refractivity contribution in [1.82, 2.24) is 0 Å². The minimum absolute atomic E-state index is 0.644. The van der Waals surface area contributed by atoms with Gasteiger partial charge in [-0.1, -0.05) is 55.8 Å². The lowest BCUT2D eigenvalue weighted by Crippen LogP contribution is -1.97. The topological polar surface area (TPSA) is 9.23 Å². The van der Waals surface area contributed by atoms with Crippen molar-refractivity contribution in [3.05, 3.63) is 65.7 Å². The Bertz CT molecular complexity index is 547. The van der Waals surface area contributed by atoms with Crippen molar-refractivity contribution in [3.8, 4) is 5.75 Å². The van der Waals surface area contributed by atoms with E-state index in [1.54, 1.807) is 0 Å². The average Bonchev–Trinajstić information content (AvgIpc) is 2.93. The molecule has 3 rings (SSSR count). The average molecular weight is 266 g/mol. The van der Waals surface area contributed by atoms with Crippen molar-refractivity contribution in [3.63, 3.8) is 0 Å². The van der Waals surface area contributed by atoms with E-state index in [9.17, 15) is 0 Å². The van der Waals surface area contributed by atoms with Crippen LogP contribution in [0.3, 0.4) is 0 Å². The summed E-state index contributed by atoms with van der Waals surface area (Å²) in [7, 11) is 0. The molecule has 0 amide bonds. The van der Waals surface area contributed by atoms with E-state index in [0.29, 0.717) is 6.61 Å². The lowest BCUT2D eigenvalue weighted by Gasteiger charge is -2.12. The van der Waals surface area contributed by atoms with Gasteiger partial charge >= 0.3 is 0 Å². The Hall–Kier alpha value is -1.76. The molecule has 2 atom stereocenters. The maximum absolute atomic E-state index is 5.92. The maximum atomic E-state index is 5.92. The Balaban J connectivity index is 1.65. The largest absolute Gasteiger partial charge is 0.489 e. The second-order valence-electron chi connectivity index (χ2n) is 5.96. The molecule has 1 nitrogen and oxygen atoms in total. The normalized spacial score (nSPS) is 21.9. The molecule has 0 spiro atoms. The summed E-state index contributed by atoms with van der Waals surface area (Å²) in [6, 6.07) is 19.0. The molecule has 20 heavy (non-hydrogen) atoms. The number of hydrogen-bond acceptors (Lipinski definition) is 1. The molecule has 0 radical (unpaired) electrons. The number of hydrogen-bond donors (Lipinski definition) is 0. The number of ether oxygens (including phenoxy) is 1. The highest BCUT2D eigenvalue weighted by molar-refractivity contribution is 5.31. The van der Waals surface area contributed by atoms with E-state index in [4.69, 9.17) is 4.74 Å². The lowest BCUT2D eigenvalue weighted by atomic mass is 9.96. The fraction of sp³-hybridized carbons (Fsp3) is 0.368. The zero-order valence-corrected chi connectivity index (χ0v) is 12.1. The fourth-order valence-electron chi connectivity index (χ4n) is 3.11. The van der Waals surface area contributed by atoms with Crippen molar-refractivity contribution in [2.45, 2.75) is 38.7 Å². The zero-order chi connectivity index (χ0) is 13.8. The minimum Gasteiger partial charge on any atom is -0.489 e. The third kappa shape index (κ3) is 3.22. The Morgan fingerprint density at radius 2 is 1.85 bits per heavy atom. The molecule has 1 aliphatic carbocycles. The molecular formula is C19H22O. The van der Waals surface area contributed by atoms with Crippen molar-refractivity contribution in [2.75, 3.05) is 0 Å². The summed E-state index contributed by atoms with van der Waals surface area (Å²) in [5.74, 6) is 2.59. The molecule has 0 bridgehead atoms. The van der Waals surface area contributed by atoms with Gasteiger partial charge in [0.1, 0.15) is 12.4 Å². The van der Waals surface area contributed by atoms with Crippen LogP contribution in [0, 0.1) is 5.92 Å². The molecular weight excluding hydrogens is 244 g/mol. The Morgan fingerprint density at radius 3 is 2.60 bits per heavy atom. The van der Waals surface area contributed by atoms with Crippen molar-refractivity contribution in [2.24, 2.45) is 5.92 Å². The summed E-state index contributed by atoms with van der Waals surface area (Å²) in [6.45, 7) is 3.00. The summed E-state index contributed by atoms with van der Waals surface area (Å²) in [5.41, 5.74) is 2.66. The van der Waals surface area contributed by atoms with Gasteiger partial charge in [0.25, 0.3) is 0 Å². The van der Waals surface area contributed by atoms with Crippen molar-refractivity contribution >= 4 is 0 Å². The number of rotatable bonds is 4. The summed E-state index contributed by atoms with van der Waals surface area (Å²) in [5, 5.41) is 0. The summed E-state index contributed by atoms with van der Waals surface area (Å²) >= 11 is 0. The van der Waals surface area contributed by atoms with Crippen molar-refractivity contribution < 1.29 is 4.74 Å². The van der Waals surface area contributed by atoms with E-state index in [1.165, 1.54) is 30.4 Å². The molecule has 1 saturated carbocycles. The monoisotopic (exact) mass is 266 g/mol. The fourth-order valence-corrected chi connectivity index (χ4v) is 3.11. The molecule has 2 aromatic carbocycles. The molecule has 0 N–H and O–H groups in total. The van der Waals surface area contributed by atoms with E-state index in [1.807, 2.05) is 6.07 Å². The molecule has 0 aromatic heterocycles. The lowest BCUT2D eigenvalue weighted by molar-refractivity contribution is 0.305. The van der Waals surface area contributed by atoms with Crippen LogP contribution in [-0.4, -0.2) is 0 Å². The van der Waals surface area contributed by atoms with Crippen LogP contribution in [0.1, 0.15) is 43.2 Å². The molecule has 1 heteroatoms. The van der Waals surface area contributed by atoms with Crippen molar-refractivity contribution in [1.29, 1.82) is 0 Å². The van der Waals surface area contributed by atoms with E-state index in [2.05, 4.69) is 55.5 Å². The predicted molar refractivity (Wildman–Crippen MR) is 83.0 cm³/mol. The quantitative estimate of drug-likeness (QED) is 0.742. The molecule has 1 fully saturated rings. The second kappa shape index (κ2) is 6.13. The Labute approximate surface area is 121 Å². The second-order valence-corrected chi connectivity index (χ2v) is 5.96. The Kier molecular flexibility index (Phi) is 4.05. The highest BCUT2D eigenvalue weighted by Crippen LogP contribution is 2.38. The van der Waals surface area contributed by atoms with Gasteiger partial charge in [-0.2, -0.15) is 0 Å². The molecule has 1 aliphatic rings. The molecule has 0 aliphatic heterocycles. The molecule has 0 heterocycles. The van der Waals surface area contributed by atoms with Crippen LogP contribution in [0.25, 0.3) is 0 Å². The predicted octanol–water partition coefficient (Wildman–Crippen LogP) is 5.17. The number of benzene rings is 2. The van der Waals surface area contributed by atoms with Gasteiger partial charge < -0.3 is 4.74 Å². The standard InChI is InChI=1S/C19H22O/c1-15-10-11-18(12-15)17-8-5-9-19(13-17)20-14-16-6-3-2-4-7-16/h2-9,13,15,18H,10-12,14H2,1H3. The van der Waals surface area contributed by atoms with Gasteiger partial charge in [0.05, 0.1) is 0 Å². The van der Waals surface area contributed by atoms with Gasteiger partial charge in [-0.3, -0.25) is 0 Å². The van der Waals surface area contributed by atoms with Crippen LogP contribution in [0.5, 0.6) is 5.75 Å². The summed E-state index contributed by atoms with van der Waals surface area (Å²) < 4.78 is 5.92. The first-order valence-corrected chi connectivity index (χ1v) is 7.58. The van der Waals surface area contributed by atoms with Crippen LogP contribution in [0.2, 0.25) is 0 Å². The van der Waals surface area contributed by atoms with Gasteiger partial charge in [0, 0.05) is 0 Å². The van der Waals surface area contributed by atoms with Gasteiger partial charge in [0.2, 0.25) is 0 Å². The van der Waals surface area contributed by atoms with E-state index < -0.39 is 0 Å². The molecule has 2 aromatic rings. The highest BCUT2D eigenvalue weighted by atomic mass is 16.5. The highest BCUT2D eigenvalue weighted by Gasteiger charge is 2.22. The maximum Gasteiger partial charge on any atom is 0.120 e. The Morgan fingerprint density at radius 1 is 1.00 bits per heavy atom. The van der Waals surface area contributed by atoms with E-state index in [-0.39, 0.29) is 0 Å². The van der Waals surface area contributed by atoms with Crippen LogP contribution in [-0.2, 0) is 6.61 Å². The molecule has 2 unspecified atom stereocenters. The zero-order valence-electron chi connectivity index (χ0n) is 12.1. The van der Waals surface area contributed by atoms with Crippen LogP contribution in [0.4, 0.5) is 0 Å². The smallest absolute Gasteiger partial charge is 0.120 e. The minimum atomic E-state index is 0.644. The van der Waals surface area contributed by atoms with E-state index >= 15 is 0 Å². The van der Waals surface area contributed by atoms with Crippen LogP contribution >= 0.6 is 0 Å². The van der Waals surface area contributed by atoms with Crippen LogP contribution in [0.15, 0.2) is 54.6 Å². The first kappa shape index (κ1) is 13.2. The van der Waals surface area contributed by atoms with Gasteiger partial charge in [0.15, 0.2) is 0 Å². The van der Waals surface area contributed by atoms with E-state index in [0.717, 1.165) is 17.6 Å². The van der Waals surface area contributed by atoms with Gasteiger partial charge in [-0.05, 0) is 47.9 Å². The van der Waals surface area contributed by atoms with Crippen LogP contribution < -0.4 is 4.74 Å². The molecule has 0 saturated heterocycles. The SMILES string of the molecule is CC1CCC(c2cccc(OCc3ccccc3)c2)C1. The summed E-state index contributed by atoms with van der Waals surface area (Å²) in [6.07, 6.45) is 4.01. The third-order valence-corrected chi connectivity index (χ3v) is 4.27. The summed E-state index contributed by atoms with van der Waals surface area (Å²) in [4.78, 5) is 0.